The molecule has 0 bridgehead atoms. The van der Waals surface area contributed by atoms with E-state index >= 15 is 0 Å². The average molecular weight is 303 g/mol. The van der Waals surface area contributed by atoms with Gasteiger partial charge < -0.3 is 16.0 Å². The summed E-state index contributed by atoms with van der Waals surface area (Å²) in [6.07, 6.45) is 2.98. The molecule has 0 aliphatic carbocycles. The first-order valence-corrected chi connectivity index (χ1v) is 7.91. The van der Waals surface area contributed by atoms with Crippen LogP contribution in [0.4, 0.5) is 5.69 Å². The van der Waals surface area contributed by atoms with Crippen LogP contribution in [0, 0.1) is 6.92 Å². The minimum atomic E-state index is -0.535. The van der Waals surface area contributed by atoms with E-state index in [0.29, 0.717) is 17.8 Å². The van der Waals surface area contributed by atoms with E-state index in [9.17, 15) is 9.59 Å². The highest BCUT2D eigenvalue weighted by molar-refractivity contribution is 6.00. The molecule has 5 nitrogen and oxygen atoms in total. The lowest BCUT2D eigenvalue weighted by Crippen LogP contribution is -2.54. The predicted octanol–water partition coefficient (Wildman–Crippen LogP) is 2.22. The first-order valence-electron chi connectivity index (χ1n) is 7.91. The Labute approximate surface area is 131 Å². The van der Waals surface area contributed by atoms with E-state index in [0.717, 1.165) is 31.4 Å². The topological polar surface area (TPSA) is 70.2 Å². The molecule has 1 unspecified atom stereocenters. The number of piperidine rings is 1. The summed E-state index contributed by atoms with van der Waals surface area (Å²) >= 11 is 0. The van der Waals surface area contributed by atoms with Gasteiger partial charge in [-0.15, -0.1) is 0 Å². The van der Waals surface area contributed by atoms with Gasteiger partial charge in [0.25, 0.3) is 5.91 Å². The molecular weight excluding hydrogens is 278 g/mol. The molecule has 2 rings (SSSR count). The van der Waals surface area contributed by atoms with Gasteiger partial charge in [-0.25, -0.2) is 0 Å². The quantitative estimate of drug-likeness (QED) is 0.799. The third kappa shape index (κ3) is 3.65. The molecule has 1 fully saturated rings. The summed E-state index contributed by atoms with van der Waals surface area (Å²) in [5, 5.41) is 9.05. The van der Waals surface area contributed by atoms with Crippen molar-refractivity contribution in [3.05, 3.63) is 29.3 Å². The fourth-order valence-electron chi connectivity index (χ4n) is 2.67. The van der Waals surface area contributed by atoms with Crippen molar-refractivity contribution < 1.29 is 9.59 Å². The lowest BCUT2D eigenvalue weighted by atomic mass is 9.90. The van der Waals surface area contributed by atoms with Crippen LogP contribution in [0.3, 0.4) is 0 Å². The molecule has 3 N–H and O–H groups in total. The second kappa shape index (κ2) is 6.92. The molecular formula is C17H25N3O2. The lowest BCUT2D eigenvalue weighted by molar-refractivity contribution is -0.122. The summed E-state index contributed by atoms with van der Waals surface area (Å²) in [6.45, 7) is 7.18. The molecule has 5 heteroatoms. The van der Waals surface area contributed by atoms with Crippen molar-refractivity contribution in [2.24, 2.45) is 0 Å². The smallest absolute Gasteiger partial charge is 0.251 e. The van der Waals surface area contributed by atoms with Crippen LogP contribution in [0.5, 0.6) is 0 Å². The Morgan fingerprint density at radius 3 is 2.73 bits per heavy atom. The van der Waals surface area contributed by atoms with Gasteiger partial charge in [0.2, 0.25) is 5.91 Å². The summed E-state index contributed by atoms with van der Waals surface area (Å²) < 4.78 is 0. The molecule has 0 radical (unpaired) electrons. The minimum Gasteiger partial charge on any atom is -0.352 e. The number of hydrogen-bond acceptors (Lipinski definition) is 3. The number of carbonyl (C=O) groups excluding carboxylic acids is 2. The van der Waals surface area contributed by atoms with Crippen LogP contribution < -0.4 is 16.0 Å². The molecule has 1 aromatic carbocycles. The van der Waals surface area contributed by atoms with Crippen molar-refractivity contribution in [3.8, 4) is 0 Å². The number of hydrogen-bond donors (Lipinski definition) is 3. The molecule has 1 aromatic rings. The van der Waals surface area contributed by atoms with E-state index in [1.807, 2.05) is 26.8 Å². The first-order chi connectivity index (χ1) is 10.5. The van der Waals surface area contributed by atoms with Crippen LogP contribution in [0.1, 0.15) is 49.0 Å². The first kappa shape index (κ1) is 16.5. The van der Waals surface area contributed by atoms with Crippen molar-refractivity contribution >= 4 is 17.5 Å². The third-order valence-electron chi connectivity index (χ3n) is 4.21. The average Bonchev–Trinajstić information content (AvgIpc) is 2.50. The number of rotatable bonds is 4. The Morgan fingerprint density at radius 2 is 2.09 bits per heavy atom. The van der Waals surface area contributed by atoms with E-state index in [-0.39, 0.29) is 11.8 Å². The van der Waals surface area contributed by atoms with Crippen molar-refractivity contribution in [3.63, 3.8) is 0 Å². The Bertz CT molecular complexity index is 563. The number of aryl methyl sites for hydroxylation is 1. The summed E-state index contributed by atoms with van der Waals surface area (Å²) in [5.74, 6) is -0.164. The lowest BCUT2D eigenvalue weighted by Gasteiger charge is -2.33. The fourth-order valence-corrected chi connectivity index (χ4v) is 2.67. The molecule has 0 saturated carbocycles. The molecule has 22 heavy (non-hydrogen) atoms. The highest BCUT2D eigenvalue weighted by Gasteiger charge is 2.34. The number of anilines is 1. The van der Waals surface area contributed by atoms with Crippen molar-refractivity contribution in [1.82, 2.24) is 10.6 Å². The summed E-state index contributed by atoms with van der Waals surface area (Å²) in [7, 11) is 0. The fraction of sp³-hybridized carbons (Fsp3) is 0.529. The van der Waals surface area contributed by atoms with Gasteiger partial charge in [-0.1, -0.05) is 6.07 Å². The van der Waals surface area contributed by atoms with Crippen LogP contribution in [-0.2, 0) is 4.79 Å². The second-order valence-corrected chi connectivity index (χ2v) is 6.06. The van der Waals surface area contributed by atoms with E-state index in [4.69, 9.17) is 0 Å². The Kier molecular flexibility index (Phi) is 5.19. The monoisotopic (exact) mass is 303 g/mol. The Balaban J connectivity index is 2.16. The molecule has 0 spiro atoms. The molecule has 0 aromatic heterocycles. The highest BCUT2D eigenvalue weighted by atomic mass is 16.2. The van der Waals surface area contributed by atoms with Gasteiger partial charge in [0.15, 0.2) is 0 Å². The van der Waals surface area contributed by atoms with Crippen LogP contribution >= 0.6 is 0 Å². The standard InChI is InChI=1S/C17H25N3O2/c1-4-18-15(21)13-8-7-12(2)14(11-13)20-16(22)17(3)9-5-6-10-19-17/h7-8,11,19H,4-6,9-10H2,1-3H3,(H,18,21)(H,20,22). The maximum atomic E-state index is 12.6. The minimum absolute atomic E-state index is 0.0386. The van der Waals surface area contributed by atoms with Gasteiger partial charge in [-0.2, -0.15) is 0 Å². The Hall–Kier alpha value is -1.88. The molecule has 1 aliphatic rings. The Morgan fingerprint density at radius 1 is 1.32 bits per heavy atom. The van der Waals surface area contributed by atoms with Crippen LogP contribution in [0.2, 0.25) is 0 Å². The van der Waals surface area contributed by atoms with Gasteiger partial charge in [0.05, 0.1) is 5.54 Å². The van der Waals surface area contributed by atoms with Gasteiger partial charge >= 0.3 is 0 Å². The van der Waals surface area contributed by atoms with Crippen LogP contribution in [0.25, 0.3) is 0 Å². The van der Waals surface area contributed by atoms with Gasteiger partial charge in [-0.05, 0) is 64.3 Å². The maximum Gasteiger partial charge on any atom is 0.251 e. The van der Waals surface area contributed by atoms with Gasteiger partial charge in [0.1, 0.15) is 0 Å². The zero-order valence-corrected chi connectivity index (χ0v) is 13.6. The van der Waals surface area contributed by atoms with Gasteiger partial charge in [0, 0.05) is 17.8 Å². The predicted molar refractivity (Wildman–Crippen MR) is 88.1 cm³/mol. The molecule has 1 aliphatic heterocycles. The SMILES string of the molecule is CCNC(=O)c1ccc(C)c(NC(=O)C2(C)CCCCN2)c1. The van der Waals surface area contributed by atoms with E-state index < -0.39 is 5.54 Å². The summed E-state index contributed by atoms with van der Waals surface area (Å²) in [6, 6.07) is 5.37. The summed E-state index contributed by atoms with van der Waals surface area (Å²) in [5.41, 5.74) is 1.67. The highest BCUT2D eigenvalue weighted by Crippen LogP contribution is 2.23. The van der Waals surface area contributed by atoms with E-state index in [2.05, 4.69) is 16.0 Å². The molecule has 1 saturated heterocycles. The van der Waals surface area contributed by atoms with E-state index in [1.54, 1.807) is 12.1 Å². The van der Waals surface area contributed by atoms with Crippen molar-refractivity contribution in [1.29, 1.82) is 0 Å². The molecule has 1 atom stereocenters. The zero-order chi connectivity index (χ0) is 16.2. The number of nitrogens with one attached hydrogen (secondary N) is 3. The number of benzene rings is 1. The summed E-state index contributed by atoms with van der Waals surface area (Å²) in [4.78, 5) is 24.5. The van der Waals surface area contributed by atoms with Crippen molar-refractivity contribution in [2.45, 2.75) is 45.6 Å². The maximum absolute atomic E-state index is 12.6. The number of carbonyl (C=O) groups is 2. The molecule has 1 heterocycles. The molecule has 2 amide bonds. The molecule has 120 valence electrons. The van der Waals surface area contributed by atoms with E-state index in [1.165, 1.54) is 0 Å². The number of amides is 2. The van der Waals surface area contributed by atoms with Crippen LogP contribution in [0.15, 0.2) is 18.2 Å². The van der Waals surface area contributed by atoms with Crippen molar-refractivity contribution in [2.75, 3.05) is 18.4 Å². The zero-order valence-electron chi connectivity index (χ0n) is 13.6. The normalized spacial score (nSPS) is 21.2. The van der Waals surface area contributed by atoms with Gasteiger partial charge in [-0.3, -0.25) is 9.59 Å². The van der Waals surface area contributed by atoms with Crippen LogP contribution in [-0.4, -0.2) is 30.4 Å². The second-order valence-electron chi connectivity index (χ2n) is 6.06. The largest absolute Gasteiger partial charge is 0.352 e. The third-order valence-corrected chi connectivity index (χ3v) is 4.21.